The molecular formula is C11H13ClN4O2S. The Balaban J connectivity index is 2.33. The summed E-state index contributed by atoms with van der Waals surface area (Å²) in [6.07, 6.45) is 1.89. The molecule has 1 aromatic carbocycles. The predicted molar refractivity (Wildman–Crippen MR) is 74.6 cm³/mol. The normalized spacial score (nSPS) is 11.5. The van der Waals surface area contributed by atoms with E-state index in [1.165, 1.54) is 18.3 Å². The second kappa shape index (κ2) is 5.10. The van der Waals surface area contributed by atoms with E-state index in [0.29, 0.717) is 23.0 Å². The van der Waals surface area contributed by atoms with Crippen LogP contribution in [0.25, 0.3) is 0 Å². The number of halogens is 1. The molecule has 0 atom stereocenters. The number of hydrogen-bond donors (Lipinski definition) is 3. The lowest BCUT2D eigenvalue weighted by Gasteiger charge is -2.09. The summed E-state index contributed by atoms with van der Waals surface area (Å²) in [5, 5.41) is 0.384. The first kappa shape index (κ1) is 13.7. The number of benzene rings is 1. The monoisotopic (exact) mass is 300 g/mol. The molecule has 2 aromatic rings. The molecule has 1 aromatic heterocycles. The van der Waals surface area contributed by atoms with Crippen molar-refractivity contribution in [2.24, 2.45) is 0 Å². The van der Waals surface area contributed by atoms with E-state index in [9.17, 15) is 8.42 Å². The summed E-state index contributed by atoms with van der Waals surface area (Å²) in [7, 11) is -3.75. The Bertz CT molecular complexity index is 696. The number of anilines is 2. The third-order valence-corrected chi connectivity index (χ3v) is 4.00. The number of nitrogens with zero attached hydrogens (tertiary/aromatic N) is 1. The molecule has 0 saturated heterocycles. The number of nitrogens with two attached hydrogens (primary N) is 1. The van der Waals surface area contributed by atoms with Crippen molar-refractivity contribution < 1.29 is 8.42 Å². The third kappa shape index (κ3) is 2.99. The molecule has 0 spiro atoms. The van der Waals surface area contributed by atoms with Gasteiger partial charge in [0.05, 0.1) is 17.6 Å². The number of nitrogen functional groups attached to an aromatic ring is 1. The Kier molecular flexibility index (Phi) is 3.68. The standard InChI is InChI=1S/C11H13ClN4O2S/c1-2-10-14-6-11(15-10)19(17,18)16-9-5-7(12)3-4-8(9)13/h3-6,16H,2,13H2,1H3,(H,14,15). The Hall–Kier alpha value is -1.73. The van der Waals surface area contributed by atoms with E-state index in [-0.39, 0.29) is 10.7 Å². The highest BCUT2D eigenvalue weighted by molar-refractivity contribution is 7.92. The zero-order valence-electron chi connectivity index (χ0n) is 10.1. The maximum Gasteiger partial charge on any atom is 0.279 e. The number of aryl methyl sites for hydroxylation is 1. The number of rotatable bonds is 4. The first-order chi connectivity index (χ1) is 8.92. The zero-order chi connectivity index (χ0) is 14.0. The molecule has 2 rings (SSSR count). The van der Waals surface area contributed by atoms with E-state index in [0.717, 1.165) is 0 Å². The Morgan fingerprint density at radius 3 is 2.84 bits per heavy atom. The van der Waals surface area contributed by atoms with E-state index in [1.54, 1.807) is 6.07 Å². The van der Waals surface area contributed by atoms with Gasteiger partial charge < -0.3 is 10.7 Å². The van der Waals surface area contributed by atoms with Crippen molar-refractivity contribution in [1.29, 1.82) is 0 Å². The van der Waals surface area contributed by atoms with Crippen molar-refractivity contribution in [3.05, 3.63) is 35.2 Å². The zero-order valence-corrected chi connectivity index (χ0v) is 11.7. The van der Waals surface area contributed by atoms with Gasteiger partial charge in [0.2, 0.25) is 0 Å². The second-order valence-corrected chi connectivity index (χ2v) is 5.97. The quantitative estimate of drug-likeness (QED) is 0.752. The van der Waals surface area contributed by atoms with Crippen LogP contribution in [0.4, 0.5) is 11.4 Å². The molecule has 19 heavy (non-hydrogen) atoms. The van der Waals surface area contributed by atoms with Gasteiger partial charge in [-0.05, 0) is 18.2 Å². The average molecular weight is 301 g/mol. The molecule has 4 N–H and O–H groups in total. The lowest BCUT2D eigenvalue weighted by atomic mass is 10.3. The number of aromatic amines is 1. The molecule has 0 fully saturated rings. The highest BCUT2D eigenvalue weighted by Crippen LogP contribution is 2.25. The molecule has 102 valence electrons. The maximum atomic E-state index is 12.1. The number of nitrogens with one attached hydrogen (secondary N) is 2. The summed E-state index contributed by atoms with van der Waals surface area (Å²) in [4.78, 5) is 6.67. The van der Waals surface area contributed by atoms with E-state index >= 15 is 0 Å². The van der Waals surface area contributed by atoms with Crippen LogP contribution in [0.2, 0.25) is 5.02 Å². The Morgan fingerprint density at radius 2 is 2.21 bits per heavy atom. The van der Waals surface area contributed by atoms with Gasteiger partial charge in [-0.1, -0.05) is 18.5 Å². The molecule has 6 nitrogen and oxygen atoms in total. The maximum absolute atomic E-state index is 12.1. The highest BCUT2D eigenvalue weighted by Gasteiger charge is 2.18. The molecule has 0 aliphatic rings. The van der Waals surface area contributed by atoms with Crippen molar-refractivity contribution in [2.45, 2.75) is 18.4 Å². The van der Waals surface area contributed by atoms with Crippen LogP contribution < -0.4 is 10.5 Å². The van der Waals surface area contributed by atoms with Crippen molar-refractivity contribution in [3.63, 3.8) is 0 Å². The molecule has 0 unspecified atom stereocenters. The van der Waals surface area contributed by atoms with Crippen LogP contribution in [0.5, 0.6) is 0 Å². The molecule has 0 bridgehead atoms. The van der Waals surface area contributed by atoms with Crippen LogP contribution in [0.3, 0.4) is 0 Å². The number of hydrogen-bond acceptors (Lipinski definition) is 4. The van der Waals surface area contributed by atoms with Crippen molar-refractivity contribution in [3.8, 4) is 0 Å². The van der Waals surface area contributed by atoms with Crippen molar-refractivity contribution in [1.82, 2.24) is 9.97 Å². The lowest BCUT2D eigenvalue weighted by molar-refractivity contribution is 0.598. The molecule has 1 heterocycles. The minimum Gasteiger partial charge on any atom is -0.397 e. The Labute approximate surface area is 116 Å². The molecule has 0 amide bonds. The number of imidazole rings is 1. The topological polar surface area (TPSA) is 101 Å². The van der Waals surface area contributed by atoms with Gasteiger partial charge >= 0.3 is 0 Å². The summed E-state index contributed by atoms with van der Waals surface area (Å²) < 4.78 is 26.6. The summed E-state index contributed by atoms with van der Waals surface area (Å²) >= 11 is 5.81. The second-order valence-electron chi connectivity index (χ2n) is 3.88. The van der Waals surface area contributed by atoms with E-state index < -0.39 is 10.0 Å². The van der Waals surface area contributed by atoms with Crippen molar-refractivity contribution >= 4 is 33.0 Å². The van der Waals surface area contributed by atoms with Gasteiger partial charge in [0.15, 0.2) is 5.03 Å². The highest BCUT2D eigenvalue weighted by atomic mass is 35.5. The molecule has 0 saturated carbocycles. The first-order valence-corrected chi connectivity index (χ1v) is 7.40. The fraction of sp³-hybridized carbons (Fsp3) is 0.182. The SMILES string of the molecule is CCc1ncc(S(=O)(=O)Nc2cc(Cl)ccc2N)[nH]1. The Morgan fingerprint density at radius 1 is 1.47 bits per heavy atom. The van der Waals surface area contributed by atoms with Crippen LogP contribution >= 0.6 is 11.6 Å². The van der Waals surface area contributed by atoms with Gasteiger partial charge in [0, 0.05) is 11.4 Å². The molecule has 0 radical (unpaired) electrons. The summed E-state index contributed by atoms with van der Waals surface area (Å²) in [6, 6.07) is 4.57. The summed E-state index contributed by atoms with van der Waals surface area (Å²) in [5.41, 5.74) is 6.23. The van der Waals surface area contributed by atoms with E-state index in [4.69, 9.17) is 17.3 Å². The van der Waals surface area contributed by atoms with Crippen molar-refractivity contribution in [2.75, 3.05) is 10.5 Å². The number of aromatic nitrogens is 2. The largest absolute Gasteiger partial charge is 0.397 e. The lowest BCUT2D eigenvalue weighted by Crippen LogP contribution is -2.14. The molecule has 8 heteroatoms. The minimum absolute atomic E-state index is 0.0104. The van der Waals surface area contributed by atoms with E-state index in [2.05, 4.69) is 14.7 Å². The first-order valence-electron chi connectivity index (χ1n) is 5.54. The smallest absolute Gasteiger partial charge is 0.279 e. The fourth-order valence-corrected chi connectivity index (χ4v) is 2.67. The fourth-order valence-electron chi connectivity index (χ4n) is 1.48. The average Bonchev–Trinajstić information content (AvgIpc) is 2.83. The summed E-state index contributed by atoms with van der Waals surface area (Å²) in [5.74, 6) is 0.597. The molecule has 0 aliphatic heterocycles. The van der Waals surface area contributed by atoms with Crippen LogP contribution in [0.15, 0.2) is 29.4 Å². The minimum atomic E-state index is -3.75. The van der Waals surface area contributed by atoms with Gasteiger partial charge in [-0.25, -0.2) is 4.98 Å². The van der Waals surface area contributed by atoms with Gasteiger partial charge in [0.25, 0.3) is 10.0 Å². The molecular weight excluding hydrogens is 288 g/mol. The van der Waals surface area contributed by atoms with Crippen LogP contribution in [-0.4, -0.2) is 18.4 Å². The van der Waals surface area contributed by atoms with Crippen LogP contribution in [-0.2, 0) is 16.4 Å². The van der Waals surface area contributed by atoms with Gasteiger partial charge in [0.1, 0.15) is 5.82 Å². The van der Waals surface area contributed by atoms with Gasteiger partial charge in [-0.3, -0.25) is 4.72 Å². The van der Waals surface area contributed by atoms with Gasteiger partial charge in [-0.15, -0.1) is 0 Å². The van der Waals surface area contributed by atoms with E-state index in [1.807, 2.05) is 6.92 Å². The summed E-state index contributed by atoms with van der Waals surface area (Å²) in [6.45, 7) is 1.87. The van der Waals surface area contributed by atoms with Crippen LogP contribution in [0, 0.1) is 0 Å². The third-order valence-electron chi connectivity index (χ3n) is 2.49. The number of H-pyrrole nitrogens is 1. The predicted octanol–water partition coefficient (Wildman–Crippen LogP) is 2.01. The van der Waals surface area contributed by atoms with Crippen LogP contribution in [0.1, 0.15) is 12.7 Å². The number of sulfonamides is 1. The van der Waals surface area contributed by atoms with Gasteiger partial charge in [-0.2, -0.15) is 8.42 Å². The molecule has 0 aliphatic carbocycles.